The van der Waals surface area contributed by atoms with Gasteiger partial charge in [0.1, 0.15) is 11.3 Å². The van der Waals surface area contributed by atoms with Crippen molar-refractivity contribution in [1.29, 1.82) is 0 Å². The highest BCUT2D eigenvalue weighted by Crippen LogP contribution is 2.33. The Hall–Kier alpha value is -3.13. The first-order chi connectivity index (χ1) is 16.5. The van der Waals surface area contributed by atoms with Gasteiger partial charge in [-0.05, 0) is 68.7 Å². The predicted molar refractivity (Wildman–Crippen MR) is 139 cm³/mol. The van der Waals surface area contributed by atoms with E-state index in [1.807, 2.05) is 51.1 Å². The molecule has 0 atom stereocenters. The Morgan fingerprint density at radius 3 is 2.31 bits per heavy atom. The minimum absolute atomic E-state index is 0.0126. The molecule has 0 spiro atoms. The molecule has 1 aromatic heterocycles. The number of ether oxygens (including phenoxy) is 1. The third-order valence-electron chi connectivity index (χ3n) is 6.21. The highest BCUT2D eigenvalue weighted by atomic mass is 79.9. The molecule has 35 heavy (non-hydrogen) atoms. The lowest BCUT2D eigenvalue weighted by Gasteiger charge is -2.34. The number of rotatable bonds is 4. The van der Waals surface area contributed by atoms with E-state index in [1.165, 1.54) is 4.57 Å². The SMILES string of the molecule is CC(C)(C)OC(=O)N1CCC(Cn2c(C(=O)O)c(-c3ccccc3)c3cc(Br)ccc3c2=O)CC1. The molecule has 0 unspecified atom stereocenters. The van der Waals surface area contributed by atoms with Gasteiger partial charge in [0.2, 0.25) is 0 Å². The van der Waals surface area contributed by atoms with Crippen molar-refractivity contribution in [1.82, 2.24) is 9.47 Å². The molecule has 0 saturated carbocycles. The molecule has 7 nitrogen and oxygen atoms in total. The van der Waals surface area contributed by atoms with Gasteiger partial charge in [0, 0.05) is 35.1 Å². The van der Waals surface area contributed by atoms with Crippen molar-refractivity contribution in [3.63, 3.8) is 0 Å². The van der Waals surface area contributed by atoms with Crippen molar-refractivity contribution >= 4 is 38.8 Å². The normalized spacial score (nSPS) is 14.8. The topological polar surface area (TPSA) is 88.8 Å². The average molecular weight is 541 g/mol. The molecular weight excluding hydrogens is 512 g/mol. The summed E-state index contributed by atoms with van der Waals surface area (Å²) in [7, 11) is 0. The maximum atomic E-state index is 13.6. The van der Waals surface area contributed by atoms with Crippen molar-refractivity contribution < 1.29 is 19.4 Å². The van der Waals surface area contributed by atoms with Gasteiger partial charge in [-0.15, -0.1) is 0 Å². The van der Waals surface area contributed by atoms with Crippen LogP contribution in [0.2, 0.25) is 0 Å². The van der Waals surface area contributed by atoms with Crippen molar-refractivity contribution in [3.8, 4) is 11.1 Å². The fourth-order valence-corrected chi connectivity index (χ4v) is 4.96. The first-order valence-electron chi connectivity index (χ1n) is 11.7. The number of likely N-dealkylation sites (tertiary alicyclic amines) is 1. The van der Waals surface area contributed by atoms with Crippen LogP contribution in [-0.2, 0) is 11.3 Å². The van der Waals surface area contributed by atoms with E-state index in [4.69, 9.17) is 4.74 Å². The number of carbonyl (C=O) groups excluding carboxylic acids is 1. The summed E-state index contributed by atoms with van der Waals surface area (Å²) in [6.45, 7) is 6.78. The summed E-state index contributed by atoms with van der Waals surface area (Å²) >= 11 is 3.46. The largest absolute Gasteiger partial charge is 0.477 e. The molecule has 1 fully saturated rings. The van der Waals surface area contributed by atoms with Crippen molar-refractivity contribution in [2.75, 3.05) is 13.1 Å². The molecule has 1 aliphatic heterocycles. The highest BCUT2D eigenvalue weighted by molar-refractivity contribution is 9.10. The number of pyridine rings is 1. The van der Waals surface area contributed by atoms with Crippen LogP contribution < -0.4 is 5.56 Å². The van der Waals surface area contributed by atoms with E-state index in [1.54, 1.807) is 23.1 Å². The molecule has 4 rings (SSSR count). The molecule has 1 saturated heterocycles. The number of hydrogen-bond donors (Lipinski definition) is 1. The Kier molecular flexibility index (Phi) is 7.03. The van der Waals surface area contributed by atoms with Crippen LogP contribution in [0, 0.1) is 5.92 Å². The van der Waals surface area contributed by atoms with Gasteiger partial charge < -0.3 is 19.3 Å². The Balaban J connectivity index is 1.72. The maximum Gasteiger partial charge on any atom is 0.410 e. The van der Waals surface area contributed by atoms with Gasteiger partial charge in [-0.25, -0.2) is 9.59 Å². The summed E-state index contributed by atoms with van der Waals surface area (Å²) in [5.41, 5.74) is 0.369. The molecule has 0 radical (unpaired) electrons. The van der Waals surface area contributed by atoms with E-state index >= 15 is 0 Å². The van der Waals surface area contributed by atoms with E-state index in [0.717, 1.165) is 10.0 Å². The zero-order valence-electron chi connectivity index (χ0n) is 20.1. The number of nitrogens with zero attached hydrogens (tertiary/aromatic N) is 2. The fraction of sp³-hybridized carbons (Fsp3) is 0.370. The lowest BCUT2D eigenvalue weighted by Crippen LogP contribution is -2.43. The van der Waals surface area contributed by atoms with Crippen LogP contribution in [-0.4, -0.2) is 45.3 Å². The van der Waals surface area contributed by atoms with Gasteiger partial charge in [0.05, 0.1) is 0 Å². The number of carbonyl (C=O) groups is 2. The monoisotopic (exact) mass is 540 g/mol. The molecule has 1 N–H and O–H groups in total. The Labute approximate surface area is 212 Å². The molecule has 0 aliphatic carbocycles. The fourth-order valence-electron chi connectivity index (χ4n) is 4.60. The smallest absolute Gasteiger partial charge is 0.410 e. The molecule has 8 heteroatoms. The lowest BCUT2D eigenvalue weighted by molar-refractivity contribution is 0.0178. The van der Waals surface area contributed by atoms with E-state index < -0.39 is 11.6 Å². The third-order valence-corrected chi connectivity index (χ3v) is 6.70. The molecule has 0 bridgehead atoms. The second-order valence-corrected chi connectivity index (χ2v) is 10.8. The third kappa shape index (κ3) is 5.42. The Morgan fingerprint density at radius 1 is 1.06 bits per heavy atom. The van der Waals surface area contributed by atoms with Gasteiger partial charge in [-0.3, -0.25) is 4.79 Å². The number of amides is 1. The minimum atomic E-state index is -1.14. The second kappa shape index (κ2) is 9.85. The van der Waals surface area contributed by atoms with Crippen LogP contribution >= 0.6 is 15.9 Å². The van der Waals surface area contributed by atoms with Crippen molar-refractivity contribution in [2.45, 2.75) is 45.8 Å². The van der Waals surface area contributed by atoms with Crippen LogP contribution in [0.25, 0.3) is 21.9 Å². The number of hydrogen-bond acceptors (Lipinski definition) is 4. The summed E-state index contributed by atoms with van der Waals surface area (Å²) in [6, 6.07) is 14.6. The molecule has 1 amide bonds. The molecule has 184 valence electrons. The van der Waals surface area contributed by atoms with Gasteiger partial charge >= 0.3 is 12.1 Å². The highest BCUT2D eigenvalue weighted by Gasteiger charge is 2.29. The van der Waals surface area contributed by atoms with Crippen molar-refractivity contribution in [3.05, 3.63) is 69.1 Å². The standard InChI is InChI=1S/C27H29BrN2O5/c1-27(2,3)35-26(34)29-13-11-17(12-14-29)16-30-23(25(32)33)22(18-7-5-4-6-8-18)21-15-19(28)9-10-20(21)24(30)31/h4-10,15,17H,11-14,16H2,1-3H3,(H,32,33). The zero-order valence-corrected chi connectivity index (χ0v) is 21.7. The van der Waals surface area contributed by atoms with Crippen LogP contribution in [0.4, 0.5) is 4.79 Å². The molecule has 2 aromatic carbocycles. The van der Waals surface area contributed by atoms with Gasteiger partial charge in [-0.2, -0.15) is 0 Å². The van der Waals surface area contributed by atoms with E-state index in [9.17, 15) is 19.5 Å². The van der Waals surface area contributed by atoms with Crippen molar-refractivity contribution in [2.24, 2.45) is 5.92 Å². The number of fused-ring (bicyclic) bond motifs is 1. The Morgan fingerprint density at radius 2 is 1.71 bits per heavy atom. The van der Waals surface area contributed by atoms with E-state index in [0.29, 0.717) is 42.3 Å². The molecule has 1 aliphatic rings. The summed E-state index contributed by atoms with van der Waals surface area (Å²) in [4.78, 5) is 40.2. The number of benzene rings is 2. The Bertz CT molecular complexity index is 1320. The van der Waals surface area contributed by atoms with Gasteiger partial charge in [0.15, 0.2) is 0 Å². The van der Waals surface area contributed by atoms with Gasteiger partial charge in [-0.1, -0.05) is 46.3 Å². The number of aromatic carboxylic acids is 1. The van der Waals surface area contributed by atoms with Crippen LogP contribution in [0.1, 0.15) is 44.1 Å². The lowest BCUT2D eigenvalue weighted by atomic mass is 9.94. The predicted octanol–water partition coefficient (Wildman–Crippen LogP) is 5.78. The van der Waals surface area contributed by atoms with Crippen LogP contribution in [0.15, 0.2) is 57.8 Å². The van der Waals surface area contributed by atoms with Crippen LogP contribution in [0.5, 0.6) is 0 Å². The second-order valence-electron chi connectivity index (χ2n) is 9.91. The number of halogens is 1. The minimum Gasteiger partial charge on any atom is -0.477 e. The number of aromatic nitrogens is 1. The zero-order chi connectivity index (χ0) is 25.3. The number of carboxylic acid groups (broad SMARTS) is 1. The first kappa shape index (κ1) is 25.0. The van der Waals surface area contributed by atoms with E-state index in [-0.39, 0.29) is 29.8 Å². The summed E-state index contributed by atoms with van der Waals surface area (Å²) in [6.07, 6.45) is 0.968. The van der Waals surface area contributed by atoms with Gasteiger partial charge in [0.25, 0.3) is 5.56 Å². The summed E-state index contributed by atoms with van der Waals surface area (Å²) < 4.78 is 7.65. The van der Waals surface area contributed by atoms with E-state index in [2.05, 4.69) is 15.9 Å². The molecule has 3 aromatic rings. The summed E-state index contributed by atoms with van der Waals surface area (Å²) in [5, 5.41) is 11.3. The van der Waals surface area contributed by atoms with Crippen LogP contribution in [0.3, 0.4) is 0 Å². The number of piperidine rings is 1. The molecular formula is C27H29BrN2O5. The average Bonchev–Trinajstić information content (AvgIpc) is 2.80. The maximum absolute atomic E-state index is 13.6. The number of carboxylic acids is 1. The quantitative estimate of drug-likeness (QED) is 0.453. The molecule has 2 heterocycles. The summed E-state index contributed by atoms with van der Waals surface area (Å²) in [5.74, 6) is -1.09. The first-order valence-corrected chi connectivity index (χ1v) is 12.5.